The zero-order valence-corrected chi connectivity index (χ0v) is 6.97. The van der Waals surface area contributed by atoms with Gasteiger partial charge >= 0.3 is 0 Å². The fourth-order valence-corrected chi connectivity index (χ4v) is 0.981. The second-order valence-electron chi connectivity index (χ2n) is 2.00. The Morgan fingerprint density at radius 1 is 1.30 bits per heavy atom. The maximum absolute atomic E-state index is 10.0. The van der Waals surface area contributed by atoms with E-state index in [1.165, 1.54) is 0 Å². The maximum atomic E-state index is 10.0. The van der Waals surface area contributed by atoms with E-state index < -0.39 is 0 Å². The number of halogens is 1. The monoisotopic (exact) mass is 201 g/mol. The molecule has 2 nitrogen and oxygen atoms in total. The van der Waals surface area contributed by atoms with Crippen LogP contribution in [0, 0.1) is 5.21 Å². The molecule has 0 amide bonds. The molecule has 10 heavy (non-hydrogen) atoms. The summed E-state index contributed by atoms with van der Waals surface area (Å²) in [5.41, 5.74) is 1.96. The molecule has 1 aromatic rings. The van der Waals surface area contributed by atoms with Gasteiger partial charge in [0.25, 0.3) is 0 Å². The molecular weight excluding hydrogens is 194 g/mol. The van der Waals surface area contributed by atoms with Crippen LogP contribution < -0.4 is 5.48 Å². The third-order valence-corrected chi connectivity index (χ3v) is 1.76. The van der Waals surface area contributed by atoms with E-state index in [4.69, 9.17) is 0 Å². The van der Waals surface area contributed by atoms with Gasteiger partial charge in [-0.15, -0.1) is 0 Å². The van der Waals surface area contributed by atoms with Crippen LogP contribution in [0.1, 0.15) is 5.56 Å². The Labute approximate surface area is 68.0 Å². The molecule has 0 aliphatic heterocycles. The van der Waals surface area contributed by atoms with Crippen LogP contribution in [0.4, 0.5) is 0 Å². The van der Waals surface area contributed by atoms with E-state index >= 15 is 0 Å². The molecule has 0 atom stereocenters. The Balaban J connectivity index is 2.69. The van der Waals surface area contributed by atoms with Gasteiger partial charge in [0, 0.05) is 10.0 Å². The lowest BCUT2D eigenvalue weighted by molar-refractivity contribution is -0.605. The first-order valence-corrected chi connectivity index (χ1v) is 3.80. The minimum atomic E-state index is 0.507. The van der Waals surface area contributed by atoms with Crippen molar-refractivity contribution in [3.8, 4) is 0 Å². The van der Waals surface area contributed by atoms with Crippen molar-refractivity contribution in [2.24, 2.45) is 0 Å². The number of hydrogen-bond acceptors (Lipinski definition) is 1. The summed E-state index contributed by atoms with van der Waals surface area (Å²) in [5, 5.41) is 10.0. The molecule has 0 spiro atoms. The molecule has 3 heteroatoms. The summed E-state index contributed by atoms with van der Waals surface area (Å²) in [6.07, 6.45) is 0. The summed E-state index contributed by atoms with van der Waals surface area (Å²) in [6.45, 7) is 0.507. The van der Waals surface area contributed by atoms with E-state index in [1.807, 2.05) is 24.3 Å². The molecule has 0 aromatic heterocycles. The highest BCUT2D eigenvalue weighted by Gasteiger charge is 1.89. The van der Waals surface area contributed by atoms with Gasteiger partial charge in [-0.3, -0.25) is 0 Å². The third-order valence-electron chi connectivity index (χ3n) is 1.23. The van der Waals surface area contributed by atoms with E-state index in [9.17, 15) is 5.21 Å². The fourth-order valence-electron chi connectivity index (χ4n) is 0.717. The Morgan fingerprint density at radius 2 is 1.90 bits per heavy atom. The fraction of sp³-hybridized carbons (Fsp3) is 0.143. The number of hydroxylamine groups is 1. The van der Waals surface area contributed by atoms with Gasteiger partial charge in [-0.1, -0.05) is 28.1 Å². The van der Waals surface area contributed by atoms with Gasteiger partial charge < -0.3 is 10.7 Å². The molecule has 0 aliphatic carbocycles. The van der Waals surface area contributed by atoms with Crippen LogP contribution in [0.15, 0.2) is 28.7 Å². The minimum absolute atomic E-state index is 0.507. The molecule has 0 unspecified atom stereocenters. The quantitative estimate of drug-likeness (QED) is 0.714. The molecule has 0 radical (unpaired) electrons. The lowest BCUT2D eigenvalue weighted by atomic mass is 10.2. The summed E-state index contributed by atoms with van der Waals surface area (Å²) in [6, 6.07) is 7.72. The van der Waals surface area contributed by atoms with Gasteiger partial charge in [-0.25, -0.2) is 0 Å². The smallest absolute Gasteiger partial charge is 0.101 e. The van der Waals surface area contributed by atoms with E-state index in [2.05, 4.69) is 15.9 Å². The van der Waals surface area contributed by atoms with Crippen molar-refractivity contribution < 1.29 is 5.48 Å². The van der Waals surface area contributed by atoms with Crippen molar-refractivity contribution in [1.29, 1.82) is 0 Å². The molecule has 0 bridgehead atoms. The van der Waals surface area contributed by atoms with Crippen LogP contribution >= 0.6 is 15.9 Å². The van der Waals surface area contributed by atoms with Crippen LogP contribution in [0.3, 0.4) is 0 Å². The minimum Gasteiger partial charge on any atom is -0.636 e. The van der Waals surface area contributed by atoms with Gasteiger partial charge in [0.05, 0.1) is 0 Å². The van der Waals surface area contributed by atoms with Gasteiger partial charge in [-0.05, 0) is 12.1 Å². The van der Waals surface area contributed by atoms with Crippen LogP contribution in [0.25, 0.3) is 0 Å². The SMILES string of the molecule is [O-][NH2+]Cc1ccc(Br)cc1. The molecule has 1 rings (SSSR count). The molecule has 0 saturated carbocycles. The normalized spacial score (nSPS) is 9.80. The topological polar surface area (TPSA) is 39.7 Å². The van der Waals surface area contributed by atoms with Crippen LogP contribution in [-0.4, -0.2) is 0 Å². The highest BCUT2D eigenvalue weighted by molar-refractivity contribution is 9.10. The number of nitrogens with two attached hydrogens (primary N) is 1. The van der Waals surface area contributed by atoms with Gasteiger partial charge in [0.1, 0.15) is 6.54 Å². The number of hydrogen-bond donors (Lipinski definition) is 1. The van der Waals surface area contributed by atoms with Crippen LogP contribution in [0.2, 0.25) is 0 Å². The first kappa shape index (κ1) is 7.72. The predicted octanol–water partition coefficient (Wildman–Crippen LogP) is 1.01. The summed E-state index contributed by atoms with van der Waals surface area (Å²) in [4.78, 5) is 0. The average molecular weight is 202 g/mol. The summed E-state index contributed by atoms with van der Waals surface area (Å²) >= 11 is 3.31. The van der Waals surface area contributed by atoms with E-state index in [-0.39, 0.29) is 0 Å². The van der Waals surface area contributed by atoms with E-state index in [0.29, 0.717) is 6.54 Å². The van der Waals surface area contributed by atoms with E-state index in [1.54, 1.807) is 0 Å². The molecular formula is C7H8BrNO. The molecule has 0 aliphatic rings. The summed E-state index contributed by atoms with van der Waals surface area (Å²) in [5.74, 6) is 0. The Kier molecular flexibility index (Phi) is 2.86. The van der Waals surface area contributed by atoms with Crippen molar-refractivity contribution in [2.45, 2.75) is 6.54 Å². The molecule has 0 saturated heterocycles. The second kappa shape index (κ2) is 3.71. The zero-order valence-electron chi connectivity index (χ0n) is 5.38. The third kappa shape index (κ3) is 2.10. The second-order valence-corrected chi connectivity index (χ2v) is 2.91. The largest absolute Gasteiger partial charge is 0.636 e. The molecule has 0 heterocycles. The van der Waals surface area contributed by atoms with Gasteiger partial charge in [0.2, 0.25) is 0 Å². The number of quaternary nitrogens is 1. The molecule has 54 valence electrons. The van der Waals surface area contributed by atoms with Crippen molar-refractivity contribution in [3.63, 3.8) is 0 Å². The van der Waals surface area contributed by atoms with Crippen molar-refractivity contribution in [3.05, 3.63) is 39.5 Å². The van der Waals surface area contributed by atoms with Gasteiger partial charge in [-0.2, -0.15) is 0 Å². The Bertz CT molecular complexity index is 197. The van der Waals surface area contributed by atoms with Gasteiger partial charge in [0.15, 0.2) is 0 Å². The zero-order chi connectivity index (χ0) is 7.40. The Morgan fingerprint density at radius 3 is 2.40 bits per heavy atom. The van der Waals surface area contributed by atoms with Crippen LogP contribution in [-0.2, 0) is 6.54 Å². The van der Waals surface area contributed by atoms with Crippen molar-refractivity contribution in [1.82, 2.24) is 0 Å². The molecule has 0 fully saturated rings. The lowest BCUT2D eigenvalue weighted by Gasteiger charge is -2.00. The highest BCUT2D eigenvalue weighted by atomic mass is 79.9. The maximum Gasteiger partial charge on any atom is 0.101 e. The summed E-state index contributed by atoms with van der Waals surface area (Å²) in [7, 11) is 0. The Hall–Kier alpha value is -0.380. The summed E-state index contributed by atoms with van der Waals surface area (Å²) < 4.78 is 1.04. The van der Waals surface area contributed by atoms with Crippen molar-refractivity contribution >= 4 is 15.9 Å². The van der Waals surface area contributed by atoms with Crippen LogP contribution in [0.5, 0.6) is 0 Å². The van der Waals surface area contributed by atoms with Crippen molar-refractivity contribution in [2.75, 3.05) is 0 Å². The first-order valence-electron chi connectivity index (χ1n) is 3.01. The molecule has 1 aromatic carbocycles. The predicted molar refractivity (Wildman–Crippen MR) is 43.1 cm³/mol. The number of benzene rings is 1. The number of rotatable bonds is 2. The first-order chi connectivity index (χ1) is 4.83. The average Bonchev–Trinajstić information content (AvgIpc) is 1.95. The highest BCUT2D eigenvalue weighted by Crippen LogP contribution is 2.09. The van der Waals surface area contributed by atoms with E-state index in [0.717, 1.165) is 15.5 Å². The standard InChI is InChI=1S/C7H8BrNO/c8-7-3-1-6(2-4-7)5-9-10/h1-4H,5,9H2. The molecule has 2 N–H and O–H groups in total. The lowest BCUT2D eigenvalue weighted by Crippen LogP contribution is -2.75.